The molecule has 0 bridgehead atoms. The van der Waals surface area contributed by atoms with Gasteiger partial charge in [0.1, 0.15) is 0 Å². The van der Waals surface area contributed by atoms with Crippen molar-refractivity contribution in [1.29, 1.82) is 0 Å². The number of benzene rings is 1. The van der Waals surface area contributed by atoms with Crippen LogP contribution in [0.25, 0.3) is 0 Å². The number of furan rings is 1. The molecule has 1 heterocycles. The molecule has 2 aromatic rings. The summed E-state index contributed by atoms with van der Waals surface area (Å²) in [4.78, 5) is 11.9. The van der Waals surface area contributed by atoms with Crippen LogP contribution in [0, 0.1) is 0 Å². The van der Waals surface area contributed by atoms with Crippen LogP contribution in [0.15, 0.2) is 41.0 Å². The second-order valence-corrected chi connectivity index (χ2v) is 4.71. The van der Waals surface area contributed by atoms with E-state index < -0.39 is 0 Å². The largest absolute Gasteiger partial charge is 0.452 e. The molecule has 0 radical (unpaired) electrons. The van der Waals surface area contributed by atoms with E-state index in [9.17, 15) is 4.79 Å². The summed E-state index contributed by atoms with van der Waals surface area (Å²) >= 11 is 5.76. The number of rotatable bonds is 5. The van der Waals surface area contributed by atoms with Gasteiger partial charge in [-0.15, -0.1) is 0 Å². The zero-order valence-electron chi connectivity index (χ0n) is 10.8. The molecule has 1 amide bonds. The Balaban J connectivity index is 2.00. The first-order chi connectivity index (χ1) is 9.20. The first-order valence-corrected chi connectivity index (χ1v) is 6.71. The summed E-state index contributed by atoms with van der Waals surface area (Å²) in [7, 11) is 0. The maximum atomic E-state index is 11.9. The summed E-state index contributed by atoms with van der Waals surface area (Å²) < 4.78 is 4.89. The molecule has 1 aromatic carbocycles. The fraction of sp³-hybridized carbons (Fsp3) is 0.267. The second-order valence-electron chi connectivity index (χ2n) is 4.36. The van der Waals surface area contributed by atoms with Gasteiger partial charge in [-0.1, -0.05) is 25.5 Å². The maximum Gasteiger partial charge on any atom is 0.260 e. The van der Waals surface area contributed by atoms with E-state index in [0.29, 0.717) is 5.56 Å². The van der Waals surface area contributed by atoms with Gasteiger partial charge in [0, 0.05) is 5.69 Å². The zero-order chi connectivity index (χ0) is 13.7. The molecule has 0 unspecified atom stereocenters. The summed E-state index contributed by atoms with van der Waals surface area (Å²) in [6, 6.07) is 9.41. The van der Waals surface area contributed by atoms with Gasteiger partial charge in [-0.3, -0.25) is 4.79 Å². The third-order valence-electron chi connectivity index (χ3n) is 2.89. The van der Waals surface area contributed by atoms with Crippen LogP contribution in [-0.4, -0.2) is 5.91 Å². The lowest BCUT2D eigenvalue weighted by atomic mass is 10.1. The van der Waals surface area contributed by atoms with Gasteiger partial charge in [-0.2, -0.15) is 0 Å². The van der Waals surface area contributed by atoms with Crippen molar-refractivity contribution < 1.29 is 9.21 Å². The third-order valence-corrected chi connectivity index (χ3v) is 3.19. The van der Waals surface area contributed by atoms with Gasteiger partial charge < -0.3 is 9.73 Å². The Bertz CT molecular complexity index is 546. The van der Waals surface area contributed by atoms with Gasteiger partial charge in [0.25, 0.3) is 5.91 Å². The van der Waals surface area contributed by atoms with Crippen molar-refractivity contribution >= 4 is 23.2 Å². The minimum Gasteiger partial charge on any atom is -0.452 e. The van der Waals surface area contributed by atoms with Gasteiger partial charge in [-0.05, 0) is 48.2 Å². The number of amides is 1. The topological polar surface area (TPSA) is 42.2 Å². The smallest absolute Gasteiger partial charge is 0.260 e. The SMILES string of the molecule is CCCCc1ccc(NC(=O)c2ccoc2Cl)cc1. The number of hydrogen-bond acceptors (Lipinski definition) is 2. The highest BCUT2D eigenvalue weighted by atomic mass is 35.5. The molecule has 1 N–H and O–H groups in total. The van der Waals surface area contributed by atoms with Crippen molar-refractivity contribution in [3.05, 3.63) is 52.9 Å². The van der Waals surface area contributed by atoms with Crippen LogP contribution >= 0.6 is 11.6 Å². The lowest BCUT2D eigenvalue weighted by molar-refractivity contribution is 0.102. The Hall–Kier alpha value is -1.74. The highest BCUT2D eigenvalue weighted by molar-refractivity contribution is 6.32. The number of nitrogens with one attached hydrogen (secondary N) is 1. The molecule has 0 fully saturated rings. The van der Waals surface area contributed by atoms with E-state index in [0.717, 1.165) is 12.1 Å². The van der Waals surface area contributed by atoms with Crippen LogP contribution in [0.4, 0.5) is 5.69 Å². The van der Waals surface area contributed by atoms with Gasteiger partial charge in [0.05, 0.1) is 11.8 Å². The quantitative estimate of drug-likeness (QED) is 0.872. The van der Waals surface area contributed by atoms with Crippen molar-refractivity contribution in [3.63, 3.8) is 0 Å². The van der Waals surface area contributed by atoms with Crippen molar-refractivity contribution in [2.24, 2.45) is 0 Å². The minimum atomic E-state index is -0.264. The number of halogens is 1. The van der Waals surface area contributed by atoms with Crippen molar-refractivity contribution in [1.82, 2.24) is 0 Å². The number of carbonyl (C=O) groups excluding carboxylic acids is 1. The third kappa shape index (κ3) is 3.61. The predicted molar refractivity (Wildman–Crippen MR) is 76.7 cm³/mol. The van der Waals surface area contributed by atoms with E-state index in [4.69, 9.17) is 16.0 Å². The van der Waals surface area contributed by atoms with E-state index in [-0.39, 0.29) is 11.1 Å². The molecule has 0 spiro atoms. The Kier molecular flexibility index (Phi) is 4.63. The molecule has 0 aliphatic rings. The van der Waals surface area contributed by atoms with Crippen molar-refractivity contribution in [2.75, 3.05) is 5.32 Å². The second kappa shape index (κ2) is 6.43. The van der Waals surface area contributed by atoms with Gasteiger partial charge in [-0.25, -0.2) is 0 Å². The number of unbranched alkanes of at least 4 members (excludes halogenated alkanes) is 1. The van der Waals surface area contributed by atoms with E-state index >= 15 is 0 Å². The molecule has 0 saturated carbocycles. The molecule has 3 nitrogen and oxygen atoms in total. The molecule has 0 aliphatic carbocycles. The van der Waals surface area contributed by atoms with E-state index in [1.54, 1.807) is 6.07 Å². The monoisotopic (exact) mass is 277 g/mol. The molecule has 0 atom stereocenters. The van der Waals surface area contributed by atoms with E-state index in [2.05, 4.69) is 12.2 Å². The van der Waals surface area contributed by atoms with Crippen LogP contribution < -0.4 is 5.32 Å². The minimum absolute atomic E-state index is 0.108. The number of anilines is 1. The van der Waals surface area contributed by atoms with Crippen LogP contribution in [0.2, 0.25) is 5.22 Å². The highest BCUT2D eigenvalue weighted by Crippen LogP contribution is 2.19. The van der Waals surface area contributed by atoms with Crippen LogP contribution in [0.5, 0.6) is 0 Å². The number of hydrogen-bond donors (Lipinski definition) is 1. The molecule has 19 heavy (non-hydrogen) atoms. The molecular formula is C15H16ClNO2. The Morgan fingerprint density at radius 2 is 2.00 bits per heavy atom. The molecule has 1 aromatic heterocycles. The number of aryl methyl sites for hydroxylation is 1. The first kappa shape index (κ1) is 13.7. The highest BCUT2D eigenvalue weighted by Gasteiger charge is 2.12. The summed E-state index contributed by atoms with van der Waals surface area (Å²) in [5, 5.41) is 2.89. The summed E-state index contributed by atoms with van der Waals surface area (Å²) in [5.41, 5.74) is 2.38. The zero-order valence-corrected chi connectivity index (χ0v) is 11.5. The average Bonchev–Trinajstić information content (AvgIpc) is 2.84. The Morgan fingerprint density at radius 3 is 2.58 bits per heavy atom. The Labute approximate surface area is 117 Å². The fourth-order valence-electron chi connectivity index (χ4n) is 1.79. The van der Waals surface area contributed by atoms with Crippen molar-refractivity contribution in [2.45, 2.75) is 26.2 Å². The maximum absolute atomic E-state index is 11.9. The normalized spacial score (nSPS) is 10.4. The number of carbonyl (C=O) groups is 1. The lowest BCUT2D eigenvalue weighted by Gasteiger charge is -2.05. The van der Waals surface area contributed by atoms with Crippen LogP contribution in [0.3, 0.4) is 0 Å². The van der Waals surface area contributed by atoms with E-state index in [1.807, 2.05) is 24.3 Å². The van der Waals surface area contributed by atoms with Gasteiger partial charge in [0.2, 0.25) is 5.22 Å². The molecule has 100 valence electrons. The Morgan fingerprint density at radius 1 is 1.26 bits per heavy atom. The molecule has 2 rings (SSSR count). The van der Waals surface area contributed by atoms with Crippen LogP contribution in [0.1, 0.15) is 35.7 Å². The molecule has 0 aliphatic heterocycles. The van der Waals surface area contributed by atoms with E-state index in [1.165, 1.54) is 24.7 Å². The van der Waals surface area contributed by atoms with Crippen LogP contribution in [-0.2, 0) is 6.42 Å². The lowest BCUT2D eigenvalue weighted by Crippen LogP contribution is -2.11. The summed E-state index contributed by atoms with van der Waals surface area (Å²) in [6.45, 7) is 2.17. The standard InChI is InChI=1S/C15H16ClNO2/c1-2-3-4-11-5-7-12(8-6-11)17-15(18)13-9-10-19-14(13)16/h5-10H,2-4H2,1H3,(H,17,18). The molecule has 4 heteroatoms. The average molecular weight is 278 g/mol. The molecular weight excluding hydrogens is 262 g/mol. The fourth-order valence-corrected chi connectivity index (χ4v) is 1.99. The summed E-state index contributed by atoms with van der Waals surface area (Å²) in [6.07, 6.45) is 4.82. The van der Waals surface area contributed by atoms with Gasteiger partial charge in [0.15, 0.2) is 0 Å². The predicted octanol–water partition coefficient (Wildman–Crippen LogP) is 4.53. The summed E-state index contributed by atoms with van der Waals surface area (Å²) in [5.74, 6) is -0.264. The van der Waals surface area contributed by atoms with Gasteiger partial charge >= 0.3 is 0 Å². The first-order valence-electron chi connectivity index (χ1n) is 6.34. The molecule has 0 saturated heterocycles. The van der Waals surface area contributed by atoms with Crippen molar-refractivity contribution in [3.8, 4) is 0 Å².